The molecule has 1 rings (SSSR count). The SMILES string of the molecule is Cc1nc(C)c(C(=O)NC(C)CCCC(C)C(=O)O)s1. The average Bonchev–Trinajstić information content (AvgIpc) is 2.68. The molecule has 2 atom stereocenters. The molecule has 1 aromatic heterocycles. The number of carbonyl (C=O) groups excluding carboxylic acids is 1. The number of rotatable bonds is 7. The van der Waals surface area contributed by atoms with E-state index in [2.05, 4.69) is 10.3 Å². The van der Waals surface area contributed by atoms with Crippen molar-refractivity contribution in [1.29, 1.82) is 0 Å². The number of aliphatic carboxylic acids is 1. The van der Waals surface area contributed by atoms with Crippen LogP contribution in [0.4, 0.5) is 0 Å². The molecule has 5 nitrogen and oxygen atoms in total. The topological polar surface area (TPSA) is 79.3 Å². The fourth-order valence-corrected chi connectivity index (χ4v) is 2.78. The maximum Gasteiger partial charge on any atom is 0.306 e. The fraction of sp³-hybridized carbons (Fsp3) is 0.643. The van der Waals surface area contributed by atoms with Crippen molar-refractivity contribution in [2.24, 2.45) is 5.92 Å². The van der Waals surface area contributed by atoms with Crippen LogP contribution in [-0.2, 0) is 4.79 Å². The summed E-state index contributed by atoms with van der Waals surface area (Å²) < 4.78 is 0. The molecule has 0 radical (unpaired) electrons. The second-order valence-corrected chi connectivity index (χ2v) is 6.40. The summed E-state index contributed by atoms with van der Waals surface area (Å²) in [5.74, 6) is -1.19. The molecular weight excluding hydrogens is 276 g/mol. The Morgan fingerprint density at radius 3 is 2.45 bits per heavy atom. The van der Waals surface area contributed by atoms with Gasteiger partial charge in [0, 0.05) is 6.04 Å². The highest BCUT2D eigenvalue weighted by Crippen LogP contribution is 2.17. The number of thiazole rings is 1. The first-order valence-electron chi connectivity index (χ1n) is 6.79. The van der Waals surface area contributed by atoms with Gasteiger partial charge >= 0.3 is 5.97 Å². The first-order valence-corrected chi connectivity index (χ1v) is 7.60. The van der Waals surface area contributed by atoms with E-state index in [1.54, 1.807) is 6.92 Å². The van der Waals surface area contributed by atoms with E-state index in [9.17, 15) is 9.59 Å². The number of hydrogen-bond acceptors (Lipinski definition) is 4. The molecule has 20 heavy (non-hydrogen) atoms. The number of carboxylic acids is 1. The molecule has 112 valence electrons. The van der Waals surface area contributed by atoms with Crippen molar-refractivity contribution in [2.75, 3.05) is 0 Å². The smallest absolute Gasteiger partial charge is 0.306 e. The highest BCUT2D eigenvalue weighted by atomic mass is 32.1. The van der Waals surface area contributed by atoms with Gasteiger partial charge in [0.25, 0.3) is 5.91 Å². The van der Waals surface area contributed by atoms with Gasteiger partial charge in [0.15, 0.2) is 0 Å². The van der Waals surface area contributed by atoms with Gasteiger partial charge in [-0.2, -0.15) is 0 Å². The van der Waals surface area contributed by atoms with Gasteiger partial charge in [-0.05, 0) is 33.6 Å². The summed E-state index contributed by atoms with van der Waals surface area (Å²) in [6.45, 7) is 7.35. The van der Waals surface area contributed by atoms with Crippen LogP contribution in [0.1, 0.15) is 53.5 Å². The lowest BCUT2D eigenvalue weighted by Crippen LogP contribution is -2.32. The Labute approximate surface area is 123 Å². The van der Waals surface area contributed by atoms with E-state index in [1.807, 2.05) is 20.8 Å². The number of aromatic nitrogens is 1. The molecule has 6 heteroatoms. The Kier molecular flexibility index (Phi) is 6.13. The molecule has 2 N–H and O–H groups in total. The Morgan fingerprint density at radius 1 is 1.30 bits per heavy atom. The maximum atomic E-state index is 12.1. The van der Waals surface area contributed by atoms with Crippen molar-refractivity contribution in [3.05, 3.63) is 15.6 Å². The zero-order chi connectivity index (χ0) is 15.3. The Balaban J connectivity index is 2.39. The van der Waals surface area contributed by atoms with Crippen molar-refractivity contribution >= 4 is 23.2 Å². The normalized spacial score (nSPS) is 13.8. The van der Waals surface area contributed by atoms with Gasteiger partial charge in [0.2, 0.25) is 0 Å². The summed E-state index contributed by atoms with van der Waals surface area (Å²) in [5.41, 5.74) is 0.761. The minimum Gasteiger partial charge on any atom is -0.481 e. The van der Waals surface area contributed by atoms with Gasteiger partial charge in [-0.1, -0.05) is 13.3 Å². The van der Waals surface area contributed by atoms with Crippen molar-refractivity contribution in [3.63, 3.8) is 0 Å². The van der Waals surface area contributed by atoms with Crippen LogP contribution < -0.4 is 5.32 Å². The standard InChI is InChI=1S/C14H22N2O3S/c1-8(14(18)19)6-5-7-9(2)15-13(17)12-10(3)16-11(4)20-12/h8-9H,5-7H2,1-4H3,(H,15,17)(H,18,19). The van der Waals surface area contributed by atoms with Gasteiger partial charge in [-0.3, -0.25) is 9.59 Å². The zero-order valence-corrected chi connectivity index (χ0v) is 13.2. The second kappa shape index (κ2) is 7.38. The number of nitrogens with one attached hydrogen (secondary N) is 1. The summed E-state index contributed by atoms with van der Waals surface area (Å²) in [6.07, 6.45) is 2.20. The number of carboxylic acid groups (broad SMARTS) is 1. The van der Waals surface area contributed by atoms with Crippen LogP contribution in [0.5, 0.6) is 0 Å². The van der Waals surface area contributed by atoms with Crippen molar-refractivity contribution < 1.29 is 14.7 Å². The van der Waals surface area contributed by atoms with E-state index in [0.29, 0.717) is 11.3 Å². The summed E-state index contributed by atoms with van der Waals surface area (Å²) in [6, 6.07) is 0.0327. The van der Waals surface area contributed by atoms with Crippen molar-refractivity contribution in [3.8, 4) is 0 Å². The molecule has 0 spiro atoms. The minimum absolute atomic E-state index is 0.0327. The monoisotopic (exact) mass is 298 g/mol. The third-order valence-corrected chi connectivity index (χ3v) is 4.25. The third-order valence-electron chi connectivity index (χ3n) is 3.18. The lowest BCUT2D eigenvalue weighted by molar-refractivity contribution is -0.141. The minimum atomic E-state index is -0.766. The fourth-order valence-electron chi connectivity index (χ4n) is 1.96. The third kappa shape index (κ3) is 4.92. The summed E-state index contributed by atoms with van der Waals surface area (Å²) in [4.78, 5) is 27.7. The molecule has 1 amide bonds. The Morgan fingerprint density at radius 2 is 1.95 bits per heavy atom. The van der Waals surface area contributed by atoms with E-state index in [-0.39, 0.29) is 17.9 Å². The Bertz CT molecular complexity index is 485. The zero-order valence-electron chi connectivity index (χ0n) is 12.4. The van der Waals surface area contributed by atoms with E-state index < -0.39 is 5.97 Å². The average molecular weight is 298 g/mol. The molecule has 0 saturated heterocycles. The molecule has 1 aromatic rings. The number of hydrogen-bond donors (Lipinski definition) is 2. The first-order chi connectivity index (χ1) is 9.31. The predicted octanol–water partition coefficient (Wildman–Crippen LogP) is 2.77. The molecule has 0 saturated carbocycles. The quantitative estimate of drug-likeness (QED) is 0.811. The lowest BCUT2D eigenvalue weighted by Gasteiger charge is -2.14. The number of aryl methyl sites for hydroxylation is 2. The molecular formula is C14H22N2O3S. The van der Waals surface area contributed by atoms with Gasteiger partial charge in [-0.25, -0.2) is 4.98 Å². The molecule has 0 aliphatic heterocycles. The van der Waals surface area contributed by atoms with E-state index >= 15 is 0 Å². The van der Waals surface area contributed by atoms with Crippen LogP contribution in [0.3, 0.4) is 0 Å². The highest BCUT2D eigenvalue weighted by molar-refractivity contribution is 7.13. The molecule has 2 unspecified atom stereocenters. The van der Waals surface area contributed by atoms with Gasteiger partial charge < -0.3 is 10.4 Å². The second-order valence-electron chi connectivity index (χ2n) is 5.19. The Hall–Kier alpha value is -1.43. The highest BCUT2D eigenvalue weighted by Gasteiger charge is 2.16. The van der Waals surface area contributed by atoms with Crippen LogP contribution in [0.25, 0.3) is 0 Å². The van der Waals surface area contributed by atoms with Crippen LogP contribution in [0.2, 0.25) is 0 Å². The van der Waals surface area contributed by atoms with E-state index in [1.165, 1.54) is 11.3 Å². The lowest BCUT2D eigenvalue weighted by atomic mass is 10.0. The summed E-state index contributed by atoms with van der Waals surface area (Å²) in [7, 11) is 0. The number of amides is 1. The van der Waals surface area contributed by atoms with Gasteiger partial charge in [-0.15, -0.1) is 11.3 Å². The molecule has 0 fully saturated rings. The van der Waals surface area contributed by atoms with Gasteiger partial charge in [0.05, 0.1) is 16.6 Å². The van der Waals surface area contributed by atoms with Crippen LogP contribution >= 0.6 is 11.3 Å². The molecule has 0 aliphatic rings. The van der Waals surface area contributed by atoms with E-state index in [0.717, 1.165) is 23.5 Å². The summed E-state index contributed by atoms with van der Waals surface area (Å²) >= 11 is 1.40. The molecule has 0 aliphatic carbocycles. The molecule has 1 heterocycles. The van der Waals surface area contributed by atoms with Crippen LogP contribution in [-0.4, -0.2) is 28.0 Å². The van der Waals surface area contributed by atoms with Crippen LogP contribution in [0, 0.1) is 19.8 Å². The largest absolute Gasteiger partial charge is 0.481 e. The number of nitrogens with zero attached hydrogens (tertiary/aromatic N) is 1. The van der Waals surface area contributed by atoms with E-state index in [4.69, 9.17) is 5.11 Å². The maximum absolute atomic E-state index is 12.1. The molecule has 0 bridgehead atoms. The first kappa shape index (κ1) is 16.6. The van der Waals surface area contributed by atoms with Crippen molar-refractivity contribution in [2.45, 2.75) is 53.0 Å². The summed E-state index contributed by atoms with van der Waals surface area (Å²) in [5, 5.41) is 12.6. The van der Waals surface area contributed by atoms with Crippen molar-refractivity contribution in [1.82, 2.24) is 10.3 Å². The van der Waals surface area contributed by atoms with Gasteiger partial charge in [0.1, 0.15) is 4.88 Å². The number of carbonyl (C=O) groups is 2. The predicted molar refractivity (Wildman–Crippen MR) is 79.2 cm³/mol. The van der Waals surface area contributed by atoms with Crippen LogP contribution in [0.15, 0.2) is 0 Å². The molecule has 0 aromatic carbocycles.